The van der Waals surface area contributed by atoms with Crippen LogP contribution in [0.5, 0.6) is 0 Å². The van der Waals surface area contributed by atoms with Gasteiger partial charge in [-0.1, -0.05) is 25.0 Å². The smallest absolute Gasteiger partial charge is 0.0965 e. The first-order valence-corrected chi connectivity index (χ1v) is 8.21. The highest BCUT2D eigenvalue weighted by Gasteiger charge is 2.41. The van der Waals surface area contributed by atoms with Crippen LogP contribution >= 0.6 is 11.3 Å². The molecule has 0 bridgehead atoms. The van der Waals surface area contributed by atoms with Crippen molar-refractivity contribution in [2.24, 2.45) is 0 Å². The molecule has 1 fully saturated rings. The van der Waals surface area contributed by atoms with Crippen molar-refractivity contribution in [3.63, 3.8) is 0 Å². The average Bonchev–Trinajstić information content (AvgIpc) is 3.05. The maximum atomic E-state index is 10.7. The molecule has 1 heterocycles. The minimum atomic E-state index is -0.453. The molecule has 20 heavy (non-hydrogen) atoms. The maximum absolute atomic E-state index is 10.7. The van der Waals surface area contributed by atoms with Crippen LogP contribution in [0, 0.1) is 0 Å². The SMILES string of the molecule is CCOC1(C(O)Cc2nc3ccccc3s2)CCCC1. The molecule has 4 heteroatoms. The second-order valence-electron chi connectivity index (χ2n) is 5.50. The molecule has 0 amide bonds. The molecule has 1 saturated carbocycles. The largest absolute Gasteiger partial charge is 0.390 e. The van der Waals surface area contributed by atoms with Crippen molar-refractivity contribution >= 4 is 21.6 Å². The standard InChI is InChI=1S/C16H21NO2S/c1-2-19-16(9-5-6-10-16)14(18)11-15-17-12-7-3-4-8-13(12)20-15/h3-4,7-8,14,18H,2,5-6,9-11H2,1H3. The molecular formula is C16H21NO2S. The summed E-state index contributed by atoms with van der Waals surface area (Å²) < 4.78 is 7.11. The lowest BCUT2D eigenvalue weighted by Gasteiger charge is -2.33. The monoisotopic (exact) mass is 291 g/mol. The Morgan fingerprint density at radius 3 is 2.80 bits per heavy atom. The van der Waals surface area contributed by atoms with Crippen molar-refractivity contribution in [3.05, 3.63) is 29.3 Å². The van der Waals surface area contributed by atoms with E-state index in [4.69, 9.17) is 4.74 Å². The zero-order chi connectivity index (χ0) is 14.0. The van der Waals surface area contributed by atoms with Gasteiger partial charge in [-0.15, -0.1) is 11.3 Å². The molecule has 1 aromatic carbocycles. The number of rotatable bonds is 5. The van der Waals surface area contributed by atoms with Crippen molar-refractivity contribution in [3.8, 4) is 0 Å². The highest BCUT2D eigenvalue weighted by molar-refractivity contribution is 7.18. The van der Waals surface area contributed by atoms with Crippen LogP contribution in [0.4, 0.5) is 0 Å². The Morgan fingerprint density at radius 1 is 1.35 bits per heavy atom. The molecule has 0 radical (unpaired) electrons. The van der Waals surface area contributed by atoms with E-state index in [9.17, 15) is 5.11 Å². The number of aliphatic hydroxyl groups excluding tert-OH is 1. The predicted molar refractivity (Wildman–Crippen MR) is 82.2 cm³/mol. The number of hydrogen-bond donors (Lipinski definition) is 1. The van der Waals surface area contributed by atoms with Gasteiger partial charge >= 0.3 is 0 Å². The molecule has 1 unspecified atom stereocenters. The Bertz CT molecular complexity index is 542. The molecule has 0 aliphatic heterocycles. The fourth-order valence-electron chi connectivity index (χ4n) is 3.19. The van der Waals surface area contributed by atoms with Crippen molar-refractivity contribution in [1.29, 1.82) is 0 Å². The van der Waals surface area contributed by atoms with E-state index >= 15 is 0 Å². The zero-order valence-electron chi connectivity index (χ0n) is 11.8. The molecule has 3 nitrogen and oxygen atoms in total. The van der Waals surface area contributed by atoms with Gasteiger partial charge in [-0.05, 0) is 31.9 Å². The van der Waals surface area contributed by atoms with Crippen LogP contribution in [-0.4, -0.2) is 28.4 Å². The van der Waals surface area contributed by atoms with Crippen LogP contribution in [0.3, 0.4) is 0 Å². The Morgan fingerprint density at radius 2 is 2.10 bits per heavy atom. The van der Waals surface area contributed by atoms with E-state index in [0.29, 0.717) is 13.0 Å². The van der Waals surface area contributed by atoms with E-state index < -0.39 is 6.10 Å². The number of nitrogens with zero attached hydrogens (tertiary/aromatic N) is 1. The Balaban J connectivity index is 1.78. The van der Waals surface area contributed by atoms with E-state index in [-0.39, 0.29) is 5.60 Å². The van der Waals surface area contributed by atoms with Gasteiger partial charge in [0, 0.05) is 13.0 Å². The van der Waals surface area contributed by atoms with Crippen LogP contribution < -0.4 is 0 Å². The minimum Gasteiger partial charge on any atom is -0.390 e. The van der Waals surface area contributed by atoms with E-state index in [2.05, 4.69) is 11.1 Å². The first-order chi connectivity index (χ1) is 9.73. The van der Waals surface area contributed by atoms with Crippen molar-refractivity contribution in [2.75, 3.05) is 6.61 Å². The molecule has 1 aliphatic carbocycles. The van der Waals surface area contributed by atoms with Gasteiger partial charge in [0.25, 0.3) is 0 Å². The summed E-state index contributed by atoms with van der Waals surface area (Å²) >= 11 is 1.67. The molecule has 1 atom stereocenters. The number of hydrogen-bond acceptors (Lipinski definition) is 4. The third-order valence-electron chi connectivity index (χ3n) is 4.20. The van der Waals surface area contributed by atoms with Gasteiger partial charge in [-0.25, -0.2) is 4.98 Å². The number of para-hydroxylation sites is 1. The minimum absolute atomic E-state index is 0.341. The lowest BCUT2D eigenvalue weighted by molar-refractivity contribution is -0.115. The first kappa shape index (κ1) is 14.0. The quantitative estimate of drug-likeness (QED) is 0.916. The number of benzene rings is 1. The molecule has 0 spiro atoms. The van der Waals surface area contributed by atoms with Gasteiger partial charge in [-0.3, -0.25) is 0 Å². The van der Waals surface area contributed by atoms with Gasteiger partial charge in [0.2, 0.25) is 0 Å². The van der Waals surface area contributed by atoms with Crippen LogP contribution in [0.25, 0.3) is 10.2 Å². The Hall–Kier alpha value is -0.970. The van der Waals surface area contributed by atoms with E-state index in [1.54, 1.807) is 11.3 Å². The van der Waals surface area contributed by atoms with Crippen molar-refractivity contribution in [1.82, 2.24) is 4.98 Å². The van der Waals surface area contributed by atoms with Crippen molar-refractivity contribution in [2.45, 2.75) is 50.7 Å². The summed E-state index contributed by atoms with van der Waals surface area (Å²) in [7, 11) is 0. The first-order valence-electron chi connectivity index (χ1n) is 7.40. The van der Waals surface area contributed by atoms with E-state index in [0.717, 1.165) is 36.2 Å². The number of aliphatic hydroxyl groups is 1. The molecule has 108 valence electrons. The topological polar surface area (TPSA) is 42.4 Å². The second kappa shape index (κ2) is 5.80. The van der Waals surface area contributed by atoms with E-state index in [1.807, 2.05) is 25.1 Å². The van der Waals surface area contributed by atoms with Crippen LogP contribution in [-0.2, 0) is 11.2 Å². The predicted octanol–water partition coefficient (Wildman–Crippen LogP) is 3.55. The van der Waals surface area contributed by atoms with Gasteiger partial charge in [0.15, 0.2) is 0 Å². The second-order valence-corrected chi connectivity index (χ2v) is 6.62. The third-order valence-corrected chi connectivity index (χ3v) is 5.25. The molecule has 1 aliphatic rings. The van der Waals surface area contributed by atoms with Gasteiger partial charge in [0.05, 0.1) is 26.9 Å². The highest BCUT2D eigenvalue weighted by atomic mass is 32.1. The fourth-order valence-corrected chi connectivity index (χ4v) is 4.20. The summed E-state index contributed by atoms with van der Waals surface area (Å²) in [6.07, 6.45) is 4.37. The lowest BCUT2D eigenvalue weighted by atomic mass is 9.92. The molecular weight excluding hydrogens is 270 g/mol. The zero-order valence-corrected chi connectivity index (χ0v) is 12.7. The van der Waals surface area contributed by atoms with Crippen LogP contribution in [0.15, 0.2) is 24.3 Å². The summed E-state index contributed by atoms with van der Waals surface area (Å²) in [5.41, 5.74) is 0.684. The number of fused-ring (bicyclic) bond motifs is 1. The molecule has 1 N–H and O–H groups in total. The molecule has 1 aromatic heterocycles. The fraction of sp³-hybridized carbons (Fsp3) is 0.562. The molecule has 0 saturated heterocycles. The van der Waals surface area contributed by atoms with Crippen LogP contribution in [0.2, 0.25) is 0 Å². The molecule has 3 rings (SSSR count). The highest BCUT2D eigenvalue weighted by Crippen LogP contribution is 2.38. The lowest BCUT2D eigenvalue weighted by Crippen LogP contribution is -2.43. The van der Waals surface area contributed by atoms with Gasteiger partial charge < -0.3 is 9.84 Å². The summed E-state index contributed by atoms with van der Waals surface area (Å²) in [6, 6.07) is 8.13. The number of aromatic nitrogens is 1. The van der Waals surface area contributed by atoms with Crippen LogP contribution in [0.1, 0.15) is 37.6 Å². The maximum Gasteiger partial charge on any atom is 0.0965 e. The van der Waals surface area contributed by atoms with E-state index in [1.165, 1.54) is 4.70 Å². The Kier molecular flexibility index (Phi) is 4.06. The van der Waals surface area contributed by atoms with Gasteiger partial charge in [-0.2, -0.15) is 0 Å². The summed E-state index contributed by atoms with van der Waals surface area (Å²) in [4.78, 5) is 4.62. The van der Waals surface area contributed by atoms with Gasteiger partial charge in [0.1, 0.15) is 0 Å². The normalized spacial score (nSPS) is 19.5. The van der Waals surface area contributed by atoms with Crippen molar-refractivity contribution < 1.29 is 9.84 Å². The molecule has 2 aromatic rings. The Labute approximate surface area is 123 Å². The average molecular weight is 291 g/mol. The summed E-state index contributed by atoms with van der Waals surface area (Å²) in [6.45, 7) is 2.67. The number of ether oxygens (including phenoxy) is 1. The third kappa shape index (κ3) is 2.60. The summed E-state index contributed by atoms with van der Waals surface area (Å²) in [5.74, 6) is 0. The summed E-state index contributed by atoms with van der Waals surface area (Å²) in [5, 5.41) is 11.7. The number of thiazole rings is 1.